The molecule has 0 radical (unpaired) electrons. The summed E-state index contributed by atoms with van der Waals surface area (Å²) in [6, 6.07) is 12.6. The van der Waals surface area contributed by atoms with Gasteiger partial charge in [-0.3, -0.25) is 4.98 Å². The molecule has 3 heteroatoms. The van der Waals surface area contributed by atoms with Crippen LogP contribution in [0, 0.1) is 6.92 Å². The Kier molecular flexibility index (Phi) is 2.18. The van der Waals surface area contributed by atoms with E-state index < -0.39 is 38.7 Å². The van der Waals surface area contributed by atoms with Gasteiger partial charge in [0.15, 0.2) is 6.20 Å². The van der Waals surface area contributed by atoms with Crippen molar-refractivity contribution in [2.75, 3.05) is 0 Å². The predicted octanol–water partition coefficient (Wildman–Crippen LogP) is 7.21. The highest BCUT2D eigenvalue weighted by Crippen LogP contribution is 2.50. The van der Waals surface area contributed by atoms with Crippen molar-refractivity contribution in [1.29, 1.82) is 0 Å². The maximum atomic E-state index is 8.72. The molecule has 5 aromatic rings. The topological polar surface area (TPSA) is 29.9 Å². The van der Waals surface area contributed by atoms with Crippen LogP contribution in [-0.2, 0) is 12.5 Å². The Morgan fingerprint density at radius 1 is 1.06 bits per heavy atom. The van der Waals surface area contributed by atoms with Crippen LogP contribution in [0.3, 0.4) is 0 Å². The van der Waals surface area contributed by atoms with E-state index >= 15 is 0 Å². The van der Waals surface area contributed by atoms with Crippen LogP contribution < -0.4 is 4.57 Å². The number of pyridine rings is 2. The first-order valence-corrected chi connectivity index (χ1v) is 10.5. The molecule has 0 saturated carbocycles. The third-order valence-corrected chi connectivity index (χ3v) is 6.54. The van der Waals surface area contributed by atoms with E-state index in [1.165, 1.54) is 24.5 Å². The number of rotatable bonds is 2. The van der Waals surface area contributed by atoms with Gasteiger partial charge in [-0.1, -0.05) is 45.6 Å². The van der Waals surface area contributed by atoms with Gasteiger partial charge in [0.1, 0.15) is 18.2 Å². The van der Waals surface area contributed by atoms with Gasteiger partial charge >= 0.3 is 0 Å². The van der Waals surface area contributed by atoms with Gasteiger partial charge in [0.2, 0.25) is 5.69 Å². The molecule has 3 heterocycles. The predicted molar refractivity (Wildman–Crippen MR) is 135 cm³/mol. The Labute approximate surface area is 213 Å². The summed E-state index contributed by atoms with van der Waals surface area (Å²) >= 11 is 0. The molecule has 0 atom stereocenters. The van der Waals surface area contributed by atoms with Crippen molar-refractivity contribution in [1.82, 2.24) is 4.98 Å². The second-order valence-electron chi connectivity index (χ2n) is 8.57. The van der Waals surface area contributed by atoms with E-state index in [0.29, 0.717) is 49.9 Å². The number of furan rings is 1. The zero-order chi connectivity index (χ0) is 34.0. The van der Waals surface area contributed by atoms with E-state index in [4.69, 9.17) is 22.2 Å². The second-order valence-corrected chi connectivity index (χ2v) is 8.57. The number of nitrogens with zero attached hydrogens (tertiary/aromatic N) is 2. The molecule has 0 fully saturated rings. The van der Waals surface area contributed by atoms with Crippen molar-refractivity contribution in [2.24, 2.45) is 7.05 Å². The number of fused-ring (bicyclic) bond motifs is 6. The molecular formula is C30H29N2O+. The van der Waals surface area contributed by atoms with Crippen LogP contribution in [0.2, 0.25) is 0 Å². The van der Waals surface area contributed by atoms with E-state index in [1.54, 1.807) is 54.9 Å². The molecule has 1 aliphatic rings. The third-order valence-electron chi connectivity index (χ3n) is 6.54. The van der Waals surface area contributed by atoms with Crippen molar-refractivity contribution < 1.29 is 26.8 Å². The lowest BCUT2D eigenvalue weighted by Gasteiger charge is -2.19. The van der Waals surface area contributed by atoms with Gasteiger partial charge in [0, 0.05) is 57.9 Å². The molecule has 6 rings (SSSR count). The molecule has 0 spiro atoms. The first kappa shape index (κ1) is 10.6. The average molecular weight is 447 g/mol. The number of hydrogen-bond acceptors (Lipinski definition) is 2. The Hall–Kier alpha value is -3.46. The summed E-state index contributed by atoms with van der Waals surface area (Å²) in [5.74, 6) is -2.92. The van der Waals surface area contributed by atoms with Crippen molar-refractivity contribution in [2.45, 2.75) is 45.6 Å². The zero-order valence-electron chi connectivity index (χ0n) is 31.1. The minimum Gasteiger partial charge on any atom is -0.455 e. The zero-order valence-corrected chi connectivity index (χ0v) is 18.1. The molecule has 0 N–H and O–H groups in total. The van der Waals surface area contributed by atoms with Crippen molar-refractivity contribution in [3.63, 3.8) is 0 Å². The Balaban J connectivity index is 1.68. The number of benzene rings is 2. The Morgan fingerprint density at radius 2 is 1.94 bits per heavy atom. The van der Waals surface area contributed by atoms with Crippen LogP contribution in [0.1, 0.15) is 73.5 Å². The third kappa shape index (κ3) is 2.75. The van der Waals surface area contributed by atoms with Gasteiger partial charge in [0.25, 0.3) is 0 Å². The van der Waals surface area contributed by atoms with Gasteiger partial charge in [-0.05, 0) is 53.3 Å². The standard InChI is InChI=1S/C30H29N2O/c1-17(2)19-11-13-32(6)25(14-19)27-18(3)9-10-20-23-15-24-22(16-26(23)33-28(20)27)21-8-7-12-31-29(21)30(24,4)5/h7-17H,1-6H3/q+1/i1D3,2D3,4D3,5D3,17D. The van der Waals surface area contributed by atoms with Gasteiger partial charge in [0.05, 0.1) is 11.3 Å². The van der Waals surface area contributed by atoms with E-state index in [1.807, 2.05) is 0 Å². The molecule has 0 bridgehead atoms. The van der Waals surface area contributed by atoms with Crippen LogP contribution in [0.15, 0.2) is 65.3 Å². The maximum absolute atomic E-state index is 8.72. The highest BCUT2D eigenvalue weighted by molar-refractivity contribution is 6.11. The maximum Gasteiger partial charge on any atom is 0.216 e. The summed E-state index contributed by atoms with van der Waals surface area (Å²) in [6.45, 7) is -10.6. The van der Waals surface area contributed by atoms with Crippen molar-refractivity contribution >= 4 is 21.9 Å². The summed E-state index contributed by atoms with van der Waals surface area (Å²) in [5, 5.41) is 0.987. The molecule has 164 valence electrons. The molecule has 2 aromatic carbocycles. The van der Waals surface area contributed by atoms with E-state index in [2.05, 4.69) is 4.98 Å². The average Bonchev–Trinajstić information content (AvgIpc) is 3.43. The summed E-state index contributed by atoms with van der Waals surface area (Å²) < 4.78 is 116. The minimum absolute atomic E-state index is 0.0512. The molecule has 0 aliphatic heterocycles. The summed E-state index contributed by atoms with van der Waals surface area (Å²) in [4.78, 5) is 4.29. The lowest BCUT2D eigenvalue weighted by Crippen LogP contribution is -2.31. The van der Waals surface area contributed by atoms with Gasteiger partial charge in [-0.2, -0.15) is 0 Å². The number of aromatic nitrogens is 2. The van der Waals surface area contributed by atoms with Crippen LogP contribution in [0.4, 0.5) is 0 Å². The van der Waals surface area contributed by atoms with Gasteiger partial charge in [-0.15, -0.1) is 0 Å². The molecule has 1 aliphatic carbocycles. The SMILES string of the molecule is [2H]C([2H])([2H])C([2H])(c1cc[n+](C)c(-c2c(C)ccc3c2oc2cc4c(cc23)C(C([2H])([2H])[2H])(C([2H])([2H])[2H])c2ncccc2-4)c1)C([2H])([2H])[2H]. The summed E-state index contributed by atoms with van der Waals surface area (Å²) in [6.07, 6.45) is 2.87. The monoisotopic (exact) mass is 446 g/mol. The van der Waals surface area contributed by atoms with Crippen molar-refractivity contribution in [3.05, 3.63) is 83.3 Å². The molecule has 0 amide bonds. The first-order chi connectivity index (χ1) is 21.1. The van der Waals surface area contributed by atoms with Crippen LogP contribution >= 0.6 is 0 Å². The van der Waals surface area contributed by atoms with Gasteiger partial charge in [-0.25, -0.2) is 4.57 Å². The van der Waals surface area contributed by atoms with E-state index in [9.17, 15) is 0 Å². The molecule has 3 nitrogen and oxygen atoms in total. The normalized spacial score (nSPS) is 21.9. The lowest BCUT2D eigenvalue weighted by atomic mass is 9.84. The molecule has 3 aromatic heterocycles. The quantitative estimate of drug-likeness (QED) is 0.268. The summed E-state index contributed by atoms with van der Waals surface area (Å²) in [5.41, 5.74) is 0.416. The number of aryl methyl sites for hydroxylation is 2. The molecule has 0 saturated heterocycles. The summed E-state index contributed by atoms with van der Waals surface area (Å²) in [7, 11) is 1.69. The second kappa shape index (κ2) is 6.77. The highest BCUT2D eigenvalue weighted by Gasteiger charge is 2.37. The molecule has 0 unspecified atom stereocenters. The fourth-order valence-electron chi connectivity index (χ4n) is 4.86. The van der Waals surface area contributed by atoms with Crippen LogP contribution in [-0.4, -0.2) is 4.98 Å². The van der Waals surface area contributed by atoms with E-state index in [0.717, 1.165) is 0 Å². The fraction of sp³-hybridized carbons (Fsp3) is 0.267. The molecular weight excluding hydrogens is 404 g/mol. The molecule has 33 heavy (non-hydrogen) atoms. The minimum atomic E-state index is -3.18. The first-order valence-electron chi connectivity index (χ1n) is 17.0. The lowest BCUT2D eigenvalue weighted by molar-refractivity contribution is -0.660. The Morgan fingerprint density at radius 3 is 2.76 bits per heavy atom. The number of hydrogen-bond donors (Lipinski definition) is 0. The van der Waals surface area contributed by atoms with Crippen LogP contribution in [0.25, 0.3) is 44.3 Å². The largest absolute Gasteiger partial charge is 0.455 e. The fourth-order valence-corrected chi connectivity index (χ4v) is 4.86. The van der Waals surface area contributed by atoms with Crippen LogP contribution in [0.5, 0.6) is 0 Å². The van der Waals surface area contributed by atoms with E-state index in [-0.39, 0.29) is 16.8 Å². The smallest absolute Gasteiger partial charge is 0.216 e. The highest BCUT2D eigenvalue weighted by atomic mass is 16.3. The van der Waals surface area contributed by atoms with Crippen molar-refractivity contribution in [3.8, 4) is 22.4 Å². The van der Waals surface area contributed by atoms with Gasteiger partial charge < -0.3 is 4.42 Å². The Bertz CT molecular complexity index is 2020.